The van der Waals surface area contributed by atoms with Gasteiger partial charge < -0.3 is 15.0 Å². The molecule has 0 aliphatic carbocycles. The summed E-state index contributed by atoms with van der Waals surface area (Å²) < 4.78 is 45.7. The Morgan fingerprint density at radius 3 is 2.50 bits per heavy atom. The molecule has 1 aliphatic rings. The minimum atomic E-state index is -3.78. The van der Waals surface area contributed by atoms with E-state index in [2.05, 4.69) is 10.2 Å². The van der Waals surface area contributed by atoms with E-state index in [1.165, 1.54) is 35.7 Å². The van der Waals surface area contributed by atoms with E-state index in [-0.39, 0.29) is 33.9 Å². The smallest absolute Gasteiger partial charge is 0.251 e. The predicted octanol–water partition coefficient (Wildman–Crippen LogP) is 3.12. The molecule has 0 saturated carbocycles. The molecule has 1 N–H and O–H groups in total. The van der Waals surface area contributed by atoms with Gasteiger partial charge in [-0.3, -0.25) is 4.79 Å². The monoisotopic (exact) mass is 463 g/mol. The van der Waals surface area contributed by atoms with Gasteiger partial charge in [-0.25, -0.2) is 12.8 Å². The molecule has 32 heavy (non-hydrogen) atoms. The van der Waals surface area contributed by atoms with Gasteiger partial charge in [0.1, 0.15) is 16.5 Å². The Balaban J connectivity index is 1.67. The fourth-order valence-electron chi connectivity index (χ4n) is 3.95. The molecule has 1 amide bonds. The average molecular weight is 464 g/mol. The van der Waals surface area contributed by atoms with Gasteiger partial charge >= 0.3 is 0 Å². The Kier molecular flexibility index (Phi) is 7.73. The van der Waals surface area contributed by atoms with Crippen molar-refractivity contribution < 1.29 is 22.3 Å². The van der Waals surface area contributed by atoms with Gasteiger partial charge in [0, 0.05) is 44.0 Å². The van der Waals surface area contributed by atoms with Crippen molar-refractivity contribution in [1.29, 1.82) is 0 Å². The van der Waals surface area contributed by atoms with E-state index in [1.807, 2.05) is 0 Å². The van der Waals surface area contributed by atoms with Gasteiger partial charge in [0.05, 0.1) is 7.11 Å². The molecule has 0 unspecified atom stereocenters. The Morgan fingerprint density at radius 2 is 1.88 bits per heavy atom. The number of anilines is 1. The van der Waals surface area contributed by atoms with Crippen LogP contribution in [0.15, 0.2) is 47.4 Å². The molecular formula is C23H30FN3O4S. The lowest BCUT2D eigenvalue weighted by Crippen LogP contribution is -2.32. The van der Waals surface area contributed by atoms with Gasteiger partial charge in [-0.15, -0.1) is 0 Å². The molecule has 1 atom stereocenters. The molecule has 3 rings (SSSR count). The van der Waals surface area contributed by atoms with E-state index in [4.69, 9.17) is 4.74 Å². The Bertz CT molecular complexity index is 1040. The van der Waals surface area contributed by atoms with Crippen LogP contribution in [0, 0.1) is 11.7 Å². The molecule has 0 radical (unpaired) electrons. The summed E-state index contributed by atoms with van der Waals surface area (Å²) in [4.78, 5) is 14.9. The van der Waals surface area contributed by atoms with E-state index < -0.39 is 10.0 Å². The first kappa shape index (κ1) is 24.0. The van der Waals surface area contributed by atoms with Gasteiger partial charge in [-0.2, -0.15) is 4.31 Å². The van der Waals surface area contributed by atoms with Crippen LogP contribution in [-0.2, 0) is 10.0 Å². The fourth-order valence-corrected chi connectivity index (χ4v) is 5.59. The van der Waals surface area contributed by atoms with Gasteiger partial charge in [0.2, 0.25) is 10.0 Å². The number of amides is 1. The molecule has 174 valence electrons. The molecule has 1 aliphatic heterocycles. The summed E-state index contributed by atoms with van der Waals surface area (Å²) in [6, 6.07) is 10.8. The van der Waals surface area contributed by atoms with Crippen molar-refractivity contribution in [2.24, 2.45) is 5.92 Å². The number of ether oxygens (including phenoxy) is 1. The Labute approximate surface area is 189 Å². The highest BCUT2D eigenvalue weighted by molar-refractivity contribution is 7.89. The highest BCUT2D eigenvalue weighted by atomic mass is 32.2. The standard InChI is InChI=1S/C23H30FN3O4S/c1-4-27(5-2)32(29,30)22-14-18(6-11-21(22)31-3)23(28)25-15-17-12-13-26(16-17)20-9-7-19(24)8-10-20/h6-11,14,17H,4-5,12-13,15-16H2,1-3H3,(H,25,28)/t17-/m1/s1. The largest absolute Gasteiger partial charge is 0.495 e. The number of methoxy groups -OCH3 is 1. The summed E-state index contributed by atoms with van der Waals surface area (Å²) in [6.07, 6.45) is 0.905. The maximum atomic E-state index is 13.1. The van der Waals surface area contributed by atoms with E-state index >= 15 is 0 Å². The number of nitrogens with one attached hydrogen (secondary N) is 1. The minimum absolute atomic E-state index is 0.0142. The molecule has 7 nitrogen and oxygen atoms in total. The van der Waals surface area contributed by atoms with Crippen LogP contribution in [0.5, 0.6) is 5.75 Å². The van der Waals surface area contributed by atoms with Crippen molar-refractivity contribution in [3.63, 3.8) is 0 Å². The van der Waals surface area contributed by atoms with E-state index in [0.717, 1.165) is 25.2 Å². The van der Waals surface area contributed by atoms with Crippen molar-refractivity contribution in [2.75, 3.05) is 44.7 Å². The molecule has 2 aromatic rings. The number of hydrogen-bond acceptors (Lipinski definition) is 5. The number of sulfonamides is 1. The third kappa shape index (κ3) is 5.21. The molecule has 2 aromatic carbocycles. The summed E-state index contributed by atoms with van der Waals surface area (Å²) in [5.74, 6) is -0.136. The van der Waals surface area contributed by atoms with Crippen molar-refractivity contribution >= 4 is 21.6 Å². The molecule has 0 aromatic heterocycles. The minimum Gasteiger partial charge on any atom is -0.495 e. The second kappa shape index (κ2) is 10.3. The highest BCUT2D eigenvalue weighted by Crippen LogP contribution is 2.28. The fraction of sp³-hybridized carbons (Fsp3) is 0.435. The molecule has 1 fully saturated rings. The third-order valence-corrected chi connectivity index (χ3v) is 7.85. The van der Waals surface area contributed by atoms with Crippen molar-refractivity contribution in [1.82, 2.24) is 9.62 Å². The summed E-state index contributed by atoms with van der Waals surface area (Å²) in [6.45, 7) is 6.24. The van der Waals surface area contributed by atoms with Crippen molar-refractivity contribution in [3.8, 4) is 5.75 Å². The first-order valence-corrected chi connectivity index (χ1v) is 12.2. The number of nitrogens with zero attached hydrogens (tertiary/aromatic N) is 2. The number of hydrogen-bond donors (Lipinski definition) is 1. The first-order chi connectivity index (χ1) is 15.3. The van der Waals surface area contributed by atoms with Crippen LogP contribution < -0.4 is 15.0 Å². The highest BCUT2D eigenvalue weighted by Gasteiger charge is 2.27. The van der Waals surface area contributed by atoms with Gasteiger partial charge in [-0.05, 0) is 54.8 Å². The van der Waals surface area contributed by atoms with Crippen LogP contribution in [0.4, 0.5) is 10.1 Å². The van der Waals surface area contributed by atoms with E-state index in [1.54, 1.807) is 32.0 Å². The number of halogens is 1. The van der Waals surface area contributed by atoms with Gasteiger partial charge in [0.15, 0.2) is 0 Å². The lowest BCUT2D eigenvalue weighted by Gasteiger charge is -2.20. The van der Waals surface area contributed by atoms with Gasteiger partial charge in [0.25, 0.3) is 5.91 Å². The van der Waals surface area contributed by atoms with Crippen LogP contribution in [0.1, 0.15) is 30.6 Å². The number of carbonyl (C=O) groups excluding carboxylic acids is 1. The van der Waals surface area contributed by atoms with Crippen LogP contribution in [0.25, 0.3) is 0 Å². The zero-order chi connectivity index (χ0) is 23.3. The molecule has 9 heteroatoms. The molecule has 1 saturated heterocycles. The van der Waals surface area contributed by atoms with E-state index in [0.29, 0.717) is 19.6 Å². The third-order valence-electron chi connectivity index (χ3n) is 5.78. The molecule has 0 spiro atoms. The average Bonchev–Trinajstić information content (AvgIpc) is 3.27. The second-order valence-electron chi connectivity index (χ2n) is 7.74. The zero-order valence-electron chi connectivity index (χ0n) is 18.7. The lowest BCUT2D eigenvalue weighted by atomic mass is 10.1. The van der Waals surface area contributed by atoms with Crippen molar-refractivity contribution in [3.05, 3.63) is 53.8 Å². The van der Waals surface area contributed by atoms with Crippen molar-refractivity contribution in [2.45, 2.75) is 25.2 Å². The quantitative estimate of drug-likeness (QED) is 0.618. The summed E-state index contributed by atoms with van der Waals surface area (Å²) in [5, 5.41) is 2.92. The summed E-state index contributed by atoms with van der Waals surface area (Å²) in [5.41, 5.74) is 1.23. The number of benzene rings is 2. The maximum Gasteiger partial charge on any atom is 0.251 e. The Morgan fingerprint density at radius 1 is 1.19 bits per heavy atom. The second-order valence-corrected chi connectivity index (χ2v) is 9.65. The first-order valence-electron chi connectivity index (χ1n) is 10.8. The van der Waals surface area contributed by atoms with Crippen LogP contribution in [0.3, 0.4) is 0 Å². The SMILES string of the molecule is CCN(CC)S(=O)(=O)c1cc(C(=O)NC[C@H]2CCN(c3ccc(F)cc3)C2)ccc1OC. The molecular weight excluding hydrogens is 433 g/mol. The van der Waals surface area contributed by atoms with Crippen LogP contribution in [0.2, 0.25) is 0 Å². The number of rotatable bonds is 9. The topological polar surface area (TPSA) is 79.0 Å². The predicted molar refractivity (Wildman–Crippen MR) is 122 cm³/mol. The number of carbonyl (C=O) groups is 1. The van der Waals surface area contributed by atoms with Crippen LogP contribution >= 0.6 is 0 Å². The molecule has 1 heterocycles. The summed E-state index contributed by atoms with van der Waals surface area (Å²) >= 11 is 0. The maximum absolute atomic E-state index is 13.1. The van der Waals surface area contributed by atoms with Crippen LogP contribution in [-0.4, -0.2) is 58.5 Å². The van der Waals surface area contributed by atoms with Gasteiger partial charge in [-0.1, -0.05) is 13.8 Å². The normalized spacial score (nSPS) is 16.4. The Hall–Kier alpha value is -2.65. The lowest BCUT2D eigenvalue weighted by molar-refractivity contribution is 0.0948. The van der Waals surface area contributed by atoms with E-state index in [9.17, 15) is 17.6 Å². The summed E-state index contributed by atoms with van der Waals surface area (Å²) in [7, 11) is -2.37. The zero-order valence-corrected chi connectivity index (χ0v) is 19.5. The molecule has 0 bridgehead atoms.